The maximum absolute atomic E-state index is 2.31. The Labute approximate surface area is 266 Å². The predicted octanol–water partition coefficient (Wildman–Crippen LogP) is 13.0. The lowest BCUT2D eigenvalue weighted by atomic mass is 9.86. The molecule has 1 aromatic heterocycles. The summed E-state index contributed by atoms with van der Waals surface area (Å²) in [5.74, 6) is 0. The monoisotopic (exact) mass is 588 g/mol. The van der Waals surface area contributed by atoms with Gasteiger partial charge in [-0.15, -0.1) is 11.3 Å². The Kier molecular flexibility index (Phi) is 6.11. The molecule has 45 heavy (non-hydrogen) atoms. The van der Waals surface area contributed by atoms with Crippen molar-refractivity contribution in [3.63, 3.8) is 0 Å². The summed E-state index contributed by atoms with van der Waals surface area (Å²) in [6.45, 7) is 0. The molecule has 0 saturated heterocycles. The minimum absolute atomic E-state index is 1.24. The van der Waals surface area contributed by atoms with Crippen LogP contribution < -0.4 is 0 Å². The van der Waals surface area contributed by atoms with Gasteiger partial charge in [-0.25, -0.2) is 0 Å². The van der Waals surface area contributed by atoms with Crippen LogP contribution in [0.5, 0.6) is 0 Å². The van der Waals surface area contributed by atoms with Crippen molar-refractivity contribution in [2.24, 2.45) is 0 Å². The van der Waals surface area contributed by atoms with Crippen molar-refractivity contribution >= 4 is 53.1 Å². The fourth-order valence-electron chi connectivity index (χ4n) is 7.06. The van der Waals surface area contributed by atoms with Crippen molar-refractivity contribution in [2.75, 3.05) is 0 Å². The summed E-state index contributed by atoms with van der Waals surface area (Å²) in [6.07, 6.45) is 0. The van der Waals surface area contributed by atoms with Crippen molar-refractivity contribution in [1.29, 1.82) is 0 Å². The summed E-state index contributed by atoms with van der Waals surface area (Å²) < 4.78 is 2.69. The van der Waals surface area contributed by atoms with Crippen molar-refractivity contribution in [3.05, 3.63) is 170 Å². The van der Waals surface area contributed by atoms with Gasteiger partial charge in [0, 0.05) is 20.2 Å². The Balaban J connectivity index is 1.22. The largest absolute Gasteiger partial charge is 0.134 e. The normalized spacial score (nSPS) is 11.6. The second-order valence-corrected chi connectivity index (χ2v) is 12.6. The van der Waals surface area contributed by atoms with E-state index in [9.17, 15) is 0 Å². The average Bonchev–Trinajstić information content (AvgIpc) is 3.51. The number of rotatable bonds is 4. The van der Waals surface area contributed by atoms with Crippen LogP contribution in [-0.4, -0.2) is 0 Å². The molecule has 0 nitrogen and oxygen atoms in total. The molecule has 9 rings (SSSR count). The summed E-state index contributed by atoms with van der Waals surface area (Å²) >= 11 is 1.91. The van der Waals surface area contributed by atoms with Crippen LogP contribution in [0.15, 0.2) is 170 Å². The third kappa shape index (κ3) is 4.20. The second kappa shape index (κ2) is 10.6. The summed E-state index contributed by atoms with van der Waals surface area (Å²) in [5, 5.41) is 7.77. The van der Waals surface area contributed by atoms with Gasteiger partial charge < -0.3 is 0 Å². The van der Waals surface area contributed by atoms with E-state index in [-0.39, 0.29) is 0 Å². The molecule has 8 aromatic carbocycles. The Morgan fingerprint density at radius 2 is 0.578 bits per heavy atom. The lowest BCUT2D eigenvalue weighted by Crippen LogP contribution is -1.90. The van der Waals surface area contributed by atoms with Gasteiger partial charge in [0.15, 0.2) is 0 Å². The number of hydrogen-bond donors (Lipinski definition) is 0. The molecule has 0 fully saturated rings. The maximum Gasteiger partial charge on any atom is 0.0434 e. The first kappa shape index (κ1) is 25.9. The van der Waals surface area contributed by atoms with Gasteiger partial charge in [0.1, 0.15) is 0 Å². The summed E-state index contributed by atoms with van der Waals surface area (Å²) in [4.78, 5) is 0. The molecule has 9 aromatic rings. The van der Waals surface area contributed by atoms with Crippen LogP contribution >= 0.6 is 11.3 Å². The number of hydrogen-bond acceptors (Lipinski definition) is 1. The van der Waals surface area contributed by atoms with Crippen LogP contribution in [0.4, 0.5) is 0 Å². The van der Waals surface area contributed by atoms with Gasteiger partial charge >= 0.3 is 0 Å². The highest BCUT2D eigenvalue weighted by molar-refractivity contribution is 7.26. The maximum atomic E-state index is 2.31. The average molecular weight is 589 g/mol. The Bertz CT molecular complexity index is 2450. The zero-order valence-corrected chi connectivity index (χ0v) is 25.4. The number of thiophene rings is 1. The molecular formula is C44H28S. The van der Waals surface area contributed by atoms with Crippen LogP contribution in [0.25, 0.3) is 86.2 Å². The van der Waals surface area contributed by atoms with Crippen LogP contribution in [0, 0.1) is 0 Å². The summed E-state index contributed by atoms with van der Waals surface area (Å²) in [5.41, 5.74) is 10.2. The van der Waals surface area contributed by atoms with E-state index < -0.39 is 0 Å². The third-order valence-electron chi connectivity index (χ3n) is 9.09. The topological polar surface area (TPSA) is 0 Å². The van der Waals surface area contributed by atoms with Crippen molar-refractivity contribution in [2.45, 2.75) is 0 Å². The Hall–Kier alpha value is -5.50. The van der Waals surface area contributed by atoms with Crippen molar-refractivity contribution < 1.29 is 0 Å². The molecule has 1 heteroatoms. The highest BCUT2D eigenvalue weighted by atomic mass is 32.1. The molecule has 0 unspecified atom stereocenters. The molecule has 0 aliphatic rings. The molecular weight excluding hydrogens is 561 g/mol. The van der Waals surface area contributed by atoms with Crippen LogP contribution in [0.1, 0.15) is 0 Å². The zero-order chi connectivity index (χ0) is 29.7. The van der Waals surface area contributed by atoms with Gasteiger partial charge in [-0.2, -0.15) is 0 Å². The molecule has 0 bridgehead atoms. The smallest absolute Gasteiger partial charge is 0.0434 e. The first-order valence-corrected chi connectivity index (χ1v) is 16.3. The number of benzene rings is 8. The minimum Gasteiger partial charge on any atom is -0.134 e. The Morgan fingerprint density at radius 3 is 1.04 bits per heavy atom. The van der Waals surface area contributed by atoms with Gasteiger partial charge in [0.05, 0.1) is 0 Å². The molecule has 0 radical (unpaired) electrons. The molecule has 210 valence electrons. The molecule has 0 aliphatic carbocycles. The molecule has 0 atom stereocenters. The Morgan fingerprint density at radius 1 is 0.244 bits per heavy atom. The van der Waals surface area contributed by atoms with Crippen LogP contribution in [-0.2, 0) is 0 Å². The molecule has 0 spiro atoms. The van der Waals surface area contributed by atoms with E-state index in [2.05, 4.69) is 170 Å². The summed E-state index contributed by atoms with van der Waals surface area (Å²) in [7, 11) is 0. The fourth-order valence-corrected chi connectivity index (χ4v) is 8.44. The lowest BCUT2D eigenvalue weighted by molar-refractivity contribution is 1.64. The molecule has 1 heterocycles. The zero-order valence-electron chi connectivity index (χ0n) is 24.6. The first-order valence-electron chi connectivity index (χ1n) is 15.4. The molecule has 0 aliphatic heterocycles. The van der Waals surface area contributed by atoms with E-state index >= 15 is 0 Å². The van der Waals surface area contributed by atoms with Gasteiger partial charge in [0.25, 0.3) is 0 Å². The standard InChI is InChI=1S/C44H28S/c1-3-13-29(14-4-1)33-21-11-23-39-40-24-12-22-34(44(40)45-43(33)39)30-25-27-32(28-26-30)42-37-19-9-7-17-35(37)41(31-15-5-2-6-16-31)36-18-8-10-20-38(36)42/h1-28H. The fraction of sp³-hybridized carbons (Fsp3) is 0. The quantitative estimate of drug-likeness (QED) is 0.179. The van der Waals surface area contributed by atoms with Gasteiger partial charge in [-0.3, -0.25) is 0 Å². The summed E-state index contributed by atoms with van der Waals surface area (Å²) in [6, 6.07) is 62.0. The third-order valence-corrected chi connectivity index (χ3v) is 10.4. The number of fused-ring (bicyclic) bond motifs is 5. The van der Waals surface area contributed by atoms with E-state index in [1.807, 2.05) is 11.3 Å². The lowest BCUT2D eigenvalue weighted by Gasteiger charge is -2.18. The van der Waals surface area contributed by atoms with E-state index in [0.717, 1.165) is 0 Å². The first-order chi connectivity index (χ1) is 22.3. The van der Waals surface area contributed by atoms with E-state index in [0.29, 0.717) is 0 Å². The van der Waals surface area contributed by atoms with E-state index in [1.54, 1.807) is 0 Å². The van der Waals surface area contributed by atoms with E-state index in [1.165, 1.54) is 86.2 Å². The minimum atomic E-state index is 1.24. The predicted molar refractivity (Wildman–Crippen MR) is 196 cm³/mol. The molecule has 0 N–H and O–H groups in total. The van der Waals surface area contributed by atoms with Gasteiger partial charge in [-0.1, -0.05) is 170 Å². The molecule has 0 amide bonds. The van der Waals surface area contributed by atoms with Crippen LogP contribution in [0.3, 0.4) is 0 Å². The SMILES string of the molecule is c1ccc(-c2c3ccccc3c(-c3ccc(-c4cccc5c4sc4c(-c6ccccc6)cccc45)cc3)c3ccccc23)cc1. The highest BCUT2D eigenvalue weighted by Gasteiger charge is 2.17. The van der Waals surface area contributed by atoms with Crippen molar-refractivity contribution in [1.82, 2.24) is 0 Å². The second-order valence-electron chi connectivity index (χ2n) is 11.6. The van der Waals surface area contributed by atoms with E-state index in [4.69, 9.17) is 0 Å². The highest BCUT2D eigenvalue weighted by Crippen LogP contribution is 2.46. The van der Waals surface area contributed by atoms with Crippen LogP contribution in [0.2, 0.25) is 0 Å². The van der Waals surface area contributed by atoms with Gasteiger partial charge in [-0.05, 0) is 66.1 Å². The van der Waals surface area contributed by atoms with Crippen molar-refractivity contribution in [3.8, 4) is 44.5 Å². The molecule has 0 saturated carbocycles. The van der Waals surface area contributed by atoms with Gasteiger partial charge in [0.2, 0.25) is 0 Å².